The van der Waals surface area contributed by atoms with Crippen molar-refractivity contribution >= 4 is 33.3 Å². The number of halogens is 2. The van der Waals surface area contributed by atoms with E-state index in [0.717, 1.165) is 10.3 Å². The Hall–Kier alpha value is -1.07. The van der Waals surface area contributed by atoms with Crippen LogP contribution in [0.1, 0.15) is 5.82 Å². The van der Waals surface area contributed by atoms with Crippen molar-refractivity contribution < 1.29 is 0 Å². The Morgan fingerprint density at radius 3 is 3.00 bits per heavy atom. The van der Waals surface area contributed by atoms with Crippen molar-refractivity contribution in [1.29, 1.82) is 0 Å². The Labute approximate surface area is 100 Å². The van der Waals surface area contributed by atoms with Crippen molar-refractivity contribution in [3.05, 3.63) is 40.0 Å². The van der Waals surface area contributed by atoms with Crippen molar-refractivity contribution in [2.75, 3.05) is 5.32 Å². The third-order valence-corrected chi connectivity index (χ3v) is 2.51. The van der Waals surface area contributed by atoms with Gasteiger partial charge in [0, 0.05) is 23.1 Å². The molecule has 0 spiro atoms. The van der Waals surface area contributed by atoms with Gasteiger partial charge in [0.05, 0.1) is 11.6 Å². The van der Waals surface area contributed by atoms with Crippen LogP contribution in [0.2, 0.25) is 5.02 Å². The predicted molar refractivity (Wildman–Crippen MR) is 62.9 cm³/mol. The first-order valence-electron chi connectivity index (χ1n) is 4.29. The molecular formula is C9H8BrClN4. The van der Waals surface area contributed by atoms with Gasteiger partial charge in [0.25, 0.3) is 0 Å². The molecule has 0 fully saturated rings. The van der Waals surface area contributed by atoms with Crippen molar-refractivity contribution in [2.24, 2.45) is 0 Å². The van der Waals surface area contributed by atoms with E-state index in [1.807, 2.05) is 0 Å². The van der Waals surface area contributed by atoms with Crippen LogP contribution in [0.25, 0.3) is 0 Å². The predicted octanol–water partition coefficient (Wildman–Crippen LogP) is 2.83. The fourth-order valence-corrected chi connectivity index (χ4v) is 1.80. The molecule has 0 aromatic carbocycles. The number of anilines is 1. The molecule has 0 aliphatic carbocycles. The minimum absolute atomic E-state index is 0.571. The van der Waals surface area contributed by atoms with Gasteiger partial charge in [-0.25, -0.2) is 9.97 Å². The molecule has 0 saturated heterocycles. The molecule has 0 bridgehead atoms. The Morgan fingerprint density at radius 2 is 2.33 bits per heavy atom. The van der Waals surface area contributed by atoms with Gasteiger partial charge in [-0.1, -0.05) is 11.6 Å². The maximum Gasteiger partial charge on any atom is 0.145 e. The summed E-state index contributed by atoms with van der Waals surface area (Å²) in [6.45, 7) is 0.571. The highest BCUT2D eigenvalue weighted by molar-refractivity contribution is 9.10. The van der Waals surface area contributed by atoms with Gasteiger partial charge in [-0.2, -0.15) is 0 Å². The second-order valence-corrected chi connectivity index (χ2v) is 4.20. The molecule has 2 heterocycles. The van der Waals surface area contributed by atoms with Gasteiger partial charge in [-0.15, -0.1) is 0 Å². The Balaban J connectivity index is 2.05. The zero-order valence-electron chi connectivity index (χ0n) is 7.67. The van der Waals surface area contributed by atoms with Crippen LogP contribution in [0.15, 0.2) is 29.1 Å². The van der Waals surface area contributed by atoms with Crippen LogP contribution in [0.4, 0.5) is 5.82 Å². The maximum atomic E-state index is 5.98. The summed E-state index contributed by atoms with van der Waals surface area (Å²) in [5.41, 5.74) is 0. The van der Waals surface area contributed by atoms with E-state index in [-0.39, 0.29) is 0 Å². The zero-order chi connectivity index (χ0) is 10.7. The molecule has 0 aliphatic rings. The fourth-order valence-electron chi connectivity index (χ4n) is 1.11. The highest BCUT2D eigenvalue weighted by atomic mass is 79.9. The smallest absolute Gasteiger partial charge is 0.145 e. The van der Waals surface area contributed by atoms with Crippen LogP contribution >= 0.6 is 27.5 Å². The van der Waals surface area contributed by atoms with E-state index in [4.69, 9.17) is 11.6 Å². The van der Waals surface area contributed by atoms with E-state index in [9.17, 15) is 0 Å². The van der Waals surface area contributed by atoms with Crippen LogP contribution in [-0.4, -0.2) is 15.0 Å². The second kappa shape index (κ2) is 4.63. The summed E-state index contributed by atoms with van der Waals surface area (Å²) in [6, 6.07) is 1.79. The highest BCUT2D eigenvalue weighted by Gasteiger charge is 2.02. The van der Waals surface area contributed by atoms with Gasteiger partial charge in [0.15, 0.2) is 0 Å². The molecule has 0 amide bonds. The van der Waals surface area contributed by atoms with Crippen molar-refractivity contribution in [3.8, 4) is 0 Å². The third-order valence-electron chi connectivity index (χ3n) is 1.79. The van der Waals surface area contributed by atoms with E-state index in [1.165, 1.54) is 0 Å². The Bertz CT molecular complexity index is 443. The van der Waals surface area contributed by atoms with Crippen LogP contribution in [0.3, 0.4) is 0 Å². The molecule has 78 valence electrons. The van der Waals surface area contributed by atoms with Gasteiger partial charge in [0.2, 0.25) is 0 Å². The lowest BCUT2D eigenvalue weighted by Gasteiger charge is -2.05. The fraction of sp³-hybridized carbons (Fsp3) is 0.111. The lowest BCUT2D eigenvalue weighted by molar-refractivity contribution is 0.988. The summed E-state index contributed by atoms with van der Waals surface area (Å²) in [5.74, 6) is 1.49. The summed E-state index contributed by atoms with van der Waals surface area (Å²) in [7, 11) is 0. The summed E-state index contributed by atoms with van der Waals surface area (Å²) < 4.78 is 0.857. The molecule has 2 aromatic rings. The number of pyridine rings is 1. The maximum absolute atomic E-state index is 5.98. The van der Waals surface area contributed by atoms with Crippen molar-refractivity contribution in [3.63, 3.8) is 0 Å². The molecule has 15 heavy (non-hydrogen) atoms. The number of hydrogen-bond donors (Lipinski definition) is 2. The Kier molecular flexibility index (Phi) is 3.23. The number of aromatic nitrogens is 3. The third kappa shape index (κ3) is 2.70. The summed E-state index contributed by atoms with van der Waals surface area (Å²) >= 11 is 9.28. The number of aromatic amines is 1. The number of rotatable bonds is 3. The largest absolute Gasteiger partial charge is 0.362 e. The molecule has 4 nitrogen and oxygen atoms in total. The number of nitrogens with one attached hydrogen (secondary N) is 2. The average Bonchev–Trinajstić information content (AvgIpc) is 2.69. The minimum Gasteiger partial charge on any atom is -0.362 e. The van der Waals surface area contributed by atoms with Gasteiger partial charge in [0.1, 0.15) is 11.6 Å². The minimum atomic E-state index is 0.571. The van der Waals surface area contributed by atoms with Gasteiger partial charge in [-0.05, 0) is 22.0 Å². The van der Waals surface area contributed by atoms with Crippen molar-refractivity contribution in [2.45, 2.75) is 6.54 Å². The topological polar surface area (TPSA) is 53.6 Å². The number of hydrogen-bond acceptors (Lipinski definition) is 3. The zero-order valence-corrected chi connectivity index (χ0v) is 10.0. The van der Waals surface area contributed by atoms with E-state index in [1.54, 1.807) is 24.7 Å². The van der Waals surface area contributed by atoms with E-state index in [2.05, 4.69) is 36.2 Å². The Morgan fingerprint density at radius 1 is 1.47 bits per heavy atom. The number of H-pyrrole nitrogens is 1. The van der Waals surface area contributed by atoms with E-state index < -0.39 is 0 Å². The summed E-state index contributed by atoms with van der Waals surface area (Å²) in [4.78, 5) is 11.2. The molecule has 6 heteroatoms. The molecular weight excluding hydrogens is 279 g/mol. The SMILES string of the molecule is Clc1cc(Br)cnc1NCc1ncc[nH]1. The first-order valence-corrected chi connectivity index (χ1v) is 5.46. The molecule has 0 aliphatic heterocycles. The molecule has 0 atom stereocenters. The summed E-state index contributed by atoms with van der Waals surface area (Å²) in [5, 5.41) is 3.66. The molecule has 2 rings (SSSR count). The van der Waals surface area contributed by atoms with Crippen molar-refractivity contribution in [1.82, 2.24) is 15.0 Å². The lowest BCUT2D eigenvalue weighted by atomic mass is 10.4. The van der Waals surface area contributed by atoms with Gasteiger partial charge >= 0.3 is 0 Å². The number of imidazole rings is 1. The van der Waals surface area contributed by atoms with Crippen LogP contribution in [0.5, 0.6) is 0 Å². The first-order chi connectivity index (χ1) is 7.25. The van der Waals surface area contributed by atoms with Gasteiger partial charge < -0.3 is 10.3 Å². The quantitative estimate of drug-likeness (QED) is 0.913. The summed E-state index contributed by atoms with van der Waals surface area (Å²) in [6.07, 6.45) is 5.16. The van der Waals surface area contributed by atoms with Gasteiger partial charge in [-0.3, -0.25) is 0 Å². The van der Waals surface area contributed by atoms with Crippen LogP contribution < -0.4 is 5.32 Å². The molecule has 2 N–H and O–H groups in total. The molecule has 0 radical (unpaired) electrons. The average molecular weight is 288 g/mol. The standard InChI is InChI=1S/C9H8BrClN4/c10-6-3-7(11)9(14-4-6)15-5-8-12-1-2-13-8/h1-4H,5H2,(H,12,13)(H,14,15). The first kappa shape index (κ1) is 10.4. The molecule has 2 aromatic heterocycles. The normalized spacial score (nSPS) is 10.3. The molecule has 0 unspecified atom stereocenters. The molecule has 0 saturated carbocycles. The van der Waals surface area contributed by atoms with E-state index >= 15 is 0 Å². The van der Waals surface area contributed by atoms with E-state index in [0.29, 0.717) is 17.4 Å². The second-order valence-electron chi connectivity index (χ2n) is 2.87. The lowest BCUT2D eigenvalue weighted by Crippen LogP contribution is -2.03. The van der Waals surface area contributed by atoms with Crippen LogP contribution in [0, 0.1) is 0 Å². The monoisotopic (exact) mass is 286 g/mol. The highest BCUT2D eigenvalue weighted by Crippen LogP contribution is 2.22. The number of nitrogens with zero attached hydrogens (tertiary/aromatic N) is 2. The van der Waals surface area contributed by atoms with Crippen LogP contribution in [-0.2, 0) is 6.54 Å².